The number of rotatable bonds is 4. The fraction of sp³-hybridized carbons (Fsp3) is 0.571. The van der Waals surface area contributed by atoms with Gasteiger partial charge in [-0.2, -0.15) is 0 Å². The highest BCUT2D eigenvalue weighted by Crippen LogP contribution is 2.30. The number of likely N-dealkylation sites (tertiary alicyclic amines) is 1. The van der Waals surface area contributed by atoms with Crippen LogP contribution in [0.3, 0.4) is 0 Å². The minimum absolute atomic E-state index is 0.0762. The van der Waals surface area contributed by atoms with Gasteiger partial charge in [-0.3, -0.25) is 10.4 Å². The van der Waals surface area contributed by atoms with Gasteiger partial charge in [0.1, 0.15) is 0 Å². The Morgan fingerprint density at radius 2 is 2.00 bits per heavy atom. The first kappa shape index (κ1) is 13.0. The Morgan fingerprint density at radius 3 is 2.56 bits per heavy atom. The van der Waals surface area contributed by atoms with E-state index in [0.717, 1.165) is 38.9 Å². The molecule has 3 N–H and O–H groups in total. The standard InChI is InChI=1S/C14H22N4/c1-14(13(15)16)5-10-18(11-6-14)9-4-12-2-7-17-8-3-12/h2-3,7-8H,4-6,9-11H2,1H3,(H3,15,16). The maximum absolute atomic E-state index is 7.64. The van der Waals surface area contributed by atoms with Gasteiger partial charge in [0.25, 0.3) is 0 Å². The van der Waals surface area contributed by atoms with E-state index in [0.29, 0.717) is 5.84 Å². The van der Waals surface area contributed by atoms with Crippen molar-refractivity contribution in [2.45, 2.75) is 26.2 Å². The molecule has 1 aliphatic heterocycles. The largest absolute Gasteiger partial charge is 0.387 e. The monoisotopic (exact) mass is 246 g/mol. The minimum atomic E-state index is -0.0762. The number of aromatic nitrogens is 1. The third-order valence-corrected chi connectivity index (χ3v) is 4.08. The highest BCUT2D eigenvalue weighted by molar-refractivity contribution is 5.83. The van der Waals surface area contributed by atoms with Gasteiger partial charge in [-0.05, 0) is 50.0 Å². The zero-order valence-electron chi connectivity index (χ0n) is 11.0. The molecule has 0 spiro atoms. The summed E-state index contributed by atoms with van der Waals surface area (Å²) >= 11 is 0. The summed E-state index contributed by atoms with van der Waals surface area (Å²) in [5, 5.41) is 7.64. The molecule has 2 rings (SSSR count). The molecule has 2 heterocycles. The summed E-state index contributed by atoms with van der Waals surface area (Å²) in [5.41, 5.74) is 6.93. The van der Waals surface area contributed by atoms with Crippen LogP contribution < -0.4 is 5.73 Å². The molecule has 1 fully saturated rings. The van der Waals surface area contributed by atoms with E-state index in [1.54, 1.807) is 0 Å². The van der Waals surface area contributed by atoms with E-state index >= 15 is 0 Å². The normalized spacial score (nSPS) is 19.6. The second-order valence-electron chi connectivity index (χ2n) is 5.42. The molecule has 0 saturated carbocycles. The van der Waals surface area contributed by atoms with Crippen LogP contribution in [0.5, 0.6) is 0 Å². The summed E-state index contributed by atoms with van der Waals surface area (Å²) in [6.45, 7) is 5.27. The molecule has 0 radical (unpaired) electrons. The van der Waals surface area contributed by atoms with Crippen LogP contribution in [0.15, 0.2) is 24.5 Å². The zero-order chi connectivity index (χ0) is 13.0. The molecule has 0 amide bonds. The first-order chi connectivity index (χ1) is 8.60. The molecule has 0 aliphatic carbocycles. The van der Waals surface area contributed by atoms with Gasteiger partial charge in [-0.1, -0.05) is 6.92 Å². The van der Waals surface area contributed by atoms with Gasteiger partial charge < -0.3 is 10.6 Å². The molecule has 1 aromatic heterocycles. The van der Waals surface area contributed by atoms with E-state index in [-0.39, 0.29) is 5.41 Å². The molecule has 0 unspecified atom stereocenters. The zero-order valence-corrected chi connectivity index (χ0v) is 11.0. The van der Waals surface area contributed by atoms with Gasteiger partial charge in [-0.25, -0.2) is 0 Å². The first-order valence-corrected chi connectivity index (χ1v) is 6.56. The second kappa shape index (κ2) is 5.48. The second-order valence-corrected chi connectivity index (χ2v) is 5.42. The van der Waals surface area contributed by atoms with E-state index in [1.165, 1.54) is 5.56 Å². The molecule has 18 heavy (non-hydrogen) atoms. The van der Waals surface area contributed by atoms with E-state index in [2.05, 4.69) is 28.9 Å². The number of hydrogen-bond acceptors (Lipinski definition) is 3. The lowest BCUT2D eigenvalue weighted by Crippen LogP contribution is -2.45. The number of pyridine rings is 1. The topological polar surface area (TPSA) is 66.0 Å². The van der Waals surface area contributed by atoms with Gasteiger partial charge in [-0.15, -0.1) is 0 Å². The molecule has 0 bridgehead atoms. The Labute approximate surface area is 109 Å². The predicted molar refractivity (Wildman–Crippen MR) is 73.6 cm³/mol. The van der Waals surface area contributed by atoms with E-state index in [1.807, 2.05) is 12.4 Å². The van der Waals surface area contributed by atoms with E-state index < -0.39 is 0 Å². The molecule has 1 aromatic rings. The van der Waals surface area contributed by atoms with Crippen molar-refractivity contribution in [2.75, 3.05) is 19.6 Å². The van der Waals surface area contributed by atoms with Gasteiger partial charge in [0.05, 0.1) is 5.84 Å². The predicted octanol–water partition coefficient (Wildman–Crippen LogP) is 1.66. The maximum Gasteiger partial charge on any atom is 0.0966 e. The van der Waals surface area contributed by atoms with Crippen LogP contribution in [0.1, 0.15) is 25.3 Å². The molecule has 1 saturated heterocycles. The molecular weight excluding hydrogens is 224 g/mol. The number of nitrogens with zero attached hydrogens (tertiary/aromatic N) is 2. The summed E-state index contributed by atoms with van der Waals surface area (Å²) in [5.74, 6) is 0.344. The summed E-state index contributed by atoms with van der Waals surface area (Å²) in [6, 6.07) is 4.15. The molecular formula is C14H22N4. The fourth-order valence-electron chi connectivity index (χ4n) is 2.38. The molecule has 98 valence electrons. The lowest BCUT2D eigenvalue weighted by atomic mass is 9.79. The highest BCUT2D eigenvalue weighted by atomic mass is 15.1. The van der Waals surface area contributed by atoms with Crippen molar-refractivity contribution in [2.24, 2.45) is 11.1 Å². The molecule has 0 aromatic carbocycles. The number of amidine groups is 1. The Bertz CT molecular complexity index is 394. The molecule has 1 aliphatic rings. The molecule has 4 nitrogen and oxygen atoms in total. The summed E-state index contributed by atoms with van der Waals surface area (Å²) < 4.78 is 0. The van der Waals surface area contributed by atoms with Gasteiger partial charge in [0.15, 0.2) is 0 Å². The highest BCUT2D eigenvalue weighted by Gasteiger charge is 2.32. The lowest BCUT2D eigenvalue weighted by Gasteiger charge is -2.38. The summed E-state index contributed by atoms with van der Waals surface area (Å²) in [4.78, 5) is 6.49. The van der Waals surface area contributed by atoms with E-state index in [9.17, 15) is 0 Å². The van der Waals surface area contributed by atoms with E-state index in [4.69, 9.17) is 11.1 Å². The summed E-state index contributed by atoms with van der Waals surface area (Å²) in [6.07, 6.45) is 6.76. The van der Waals surface area contributed by atoms with Crippen LogP contribution in [0.2, 0.25) is 0 Å². The first-order valence-electron chi connectivity index (χ1n) is 6.56. The molecule has 4 heteroatoms. The Hall–Kier alpha value is -1.42. The Kier molecular flexibility index (Phi) is 3.97. The van der Waals surface area contributed by atoms with Crippen LogP contribution in [0, 0.1) is 10.8 Å². The van der Waals surface area contributed by atoms with Crippen LogP contribution in [-0.4, -0.2) is 35.4 Å². The Balaban J connectivity index is 1.79. The van der Waals surface area contributed by atoms with Crippen molar-refractivity contribution < 1.29 is 0 Å². The van der Waals surface area contributed by atoms with Crippen molar-refractivity contribution in [3.63, 3.8) is 0 Å². The SMILES string of the molecule is CC1(C(=N)N)CCN(CCc2ccncc2)CC1. The van der Waals surface area contributed by atoms with Gasteiger partial charge in [0.2, 0.25) is 0 Å². The van der Waals surface area contributed by atoms with Crippen molar-refractivity contribution >= 4 is 5.84 Å². The van der Waals surface area contributed by atoms with Gasteiger partial charge >= 0.3 is 0 Å². The van der Waals surface area contributed by atoms with Crippen molar-refractivity contribution in [1.29, 1.82) is 5.41 Å². The maximum atomic E-state index is 7.64. The van der Waals surface area contributed by atoms with Crippen LogP contribution in [0.25, 0.3) is 0 Å². The van der Waals surface area contributed by atoms with Gasteiger partial charge in [0, 0.05) is 24.4 Å². The summed E-state index contributed by atoms with van der Waals surface area (Å²) in [7, 11) is 0. The van der Waals surface area contributed by atoms with Crippen molar-refractivity contribution in [1.82, 2.24) is 9.88 Å². The van der Waals surface area contributed by atoms with Crippen molar-refractivity contribution in [3.8, 4) is 0 Å². The average Bonchev–Trinajstić information content (AvgIpc) is 2.39. The van der Waals surface area contributed by atoms with Crippen molar-refractivity contribution in [3.05, 3.63) is 30.1 Å². The number of nitrogens with two attached hydrogens (primary N) is 1. The smallest absolute Gasteiger partial charge is 0.0966 e. The number of piperidine rings is 1. The average molecular weight is 246 g/mol. The fourth-order valence-corrected chi connectivity index (χ4v) is 2.38. The molecule has 0 atom stereocenters. The third-order valence-electron chi connectivity index (χ3n) is 4.08. The van der Waals surface area contributed by atoms with Crippen LogP contribution in [-0.2, 0) is 6.42 Å². The minimum Gasteiger partial charge on any atom is -0.387 e. The number of hydrogen-bond donors (Lipinski definition) is 2. The van der Waals surface area contributed by atoms with Crippen LogP contribution in [0.4, 0.5) is 0 Å². The third kappa shape index (κ3) is 3.07. The van der Waals surface area contributed by atoms with Crippen LogP contribution >= 0.6 is 0 Å². The Morgan fingerprint density at radius 1 is 1.39 bits per heavy atom. The quantitative estimate of drug-likeness (QED) is 0.627. The lowest BCUT2D eigenvalue weighted by molar-refractivity contribution is 0.164. The number of nitrogens with one attached hydrogen (secondary N) is 1.